The van der Waals surface area contributed by atoms with Crippen LogP contribution in [0.1, 0.15) is 41.5 Å². The van der Waals surface area contributed by atoms with Crippen molar-refractivity contribution < 1.29 is 14.6 Å². The molecule has 29 heavy (non-hydrogen) atoms. The Morgan fingerprint density at radius 1 is 1.14 bits per heavy atom. The Bertz CT molecular complexity index is 1130. The molecule has 0 saturated heterocycles. The van der Waals surface area contributed by atoms with Gasteiger partial charge in [0.15, 0.2) is 0 Å². The van der Waals surface area contributed by atoms with Gasteiger partial charge in [-0.2, -0.15) is 0 Å². The Kier molecular flexibility index (Phi) is 5.62. The van der Waals surface area contributed by atoms with E-state index < -0.39 is 5.97 Å². The number of benzene rings is 2. The Labute approximate surface area is 173 Å². The van der Waals surface area contributed by atoms with Crippen LogP contribution in [0.4, 0.5) is 0 Å². The van der Waals surface area contributed by atoms with Crippen LogP contribution >= 0.6 is 11.3 Å². The summed E-state index contributed by atoms with van der Waals surface area (Å²) in [6, 6.07) is 14.4. The highest BCUT2D eigenvalue weighted by Crippen LogP contribution is 2.27. The van der Waals surface area contributed by atoms with Crippen LogP contribution in [-0.2, 0) is 13.0 Å². The first-order valence-electron chi connectivity index (χ1n) is 9.66. The number of fused-ring (bicyclic) bond motifs is 1. The molecular formula is C23H22N2O3S. The number of hydrogen-bond acceptors (Lipinski definition) is 4. The summed E-state index contributed by atoms with van der Waals surface area (Å²) in [5, 5.41) is 13.5. The molecule has 0 fully saturated rings. The number of rotatable bonds is 8. The SMILES string of the molecule is CCCCc1nc2cscc2n1Cc1ccc(Oc2ccccc2C(=O)O)cc1. The van der Waals surface area contributed by atoms with Gasteiger partial charge in [0, 0.05) is 23.7 Å². The van der Waals surface area contributed by atoms with E-state index in [9.17, 15) is 9.90 Å². The maximum Gasteiger partial charge on any atom is 0.339 e. The summed E-state index contributed by atoms with van der Waals surface area (Å²) in [7, 11) is 0. The highest BCUT2D eigenvalue weighted by molar-refractivity contribution is 7.09. The van der Waals surface area contributed by atoms with Crippen LogP contribution in [0.15, 0.2) is 59.3 Å². The third kappa shape index (κ3) is 4.17. The average molecular weight is 407 g/mol. The summed E-state index contributed by atoms with van der Waals surface area (Å²) >= 11 is 1.67. The van der Waals surface area contributed by atoms with Crippen molar-refractivity contribution in [3.8, 4) is 11.5 Å². The predicted octanol–water partition coefficient (Wildman–Crippen LogP) is 5.98. The van der Waals surface area contributed by atoms with E-state index in [4.69, 9.17) is 9.72 Å². The van der Waals surface area contributed by atoms with Crippen LogP contribution in [0.25, 0.3) is 11.0 Å². The van der Waals surface area contributed by atoms with E-state index in [-0.39, 0.29) is 5.56 Å². The van der Waals surface area contributed by atoms with Gasteiger partial charge in [-0.05, 0) is 36.2 Å². The van der Waals surface area contributed by atoms with Crippen LogP contribution in [0.2, 0.25) is 0 Å². The Morgan fingerprint density at radius 2 is 1.93 bits per heavy atom. The van der Waals surface area contributed by atoms with Gasteiger partial charge >= 0.3 is 5.97 Å². The second-order valence-corrected chi connectivity index (χ2v) is 7.65. The van der Waals surface area contributed by atoms with E-state index in [0.717, 1.165) is 42.7 Å². The van der Waals surface area contributed by atoms with Crippen molar-refractivity contribution in [3.05, 3.63) is 76.2 Å². The van der Waals surface area contributed by atoms with Crippen molar-refractivity contribution in [1.82, 2.24) is 9.55 Å². The zero-order chi connectivity index (χ0) is 20.2. The number of ether oxygens (including phenoxy) is 1. The molecule has 0 atom stereocenters. The summed E-state index contributed by atoms with van der Waals surface area (Å²) in [5.41, 5.74) is 3.53. The van der Waals surface area contributed by atoms with Crippen LogP contribution in [-0.4, -0.2) is 20.6 Å². The van der Waals surface area contributed by atoms with Crippen LogP contribution in [0.5, 0.6) is 11.5 Å². The number of carboxylic acids is 1. The number of carboxylic acid groups (broad SMARTS) is 1. The highest BCUT2D eigenvalue weighted by atomic mass is 32.1. The van der Waals surface area contributed by atoms with Gasteiger partial charge in [-0.15, -0.1) is 11.3 Å². The van der Waals surface area contributed by atoms with E-state index >= 15 is 0 Å². The van der Waals surface area contributed by atoms with E-state index in [2.05, 4.69) is 22.3 Å². The molecule has 0 unspecified atom stereocenters. The number of thiophene rings is 1. The fraction of sp³-hybridized carbons (Fsp3) is 0.217. The maximum atomic E-state index is 11.3. The summed E-state index contributed by atoms with van der Waals surface area (Å²) in [6.45, 7) is 2.94. The number of carbonyl (C=O) groups is 1. The first-order chi connectivity index (χ1) is 14.2. The van der Waals surface area contributed by atoms with Crippen molar-refractivity contribution in [1.29, 1.82) is 0 Å². The van der Waals surface area contributed by atoms with Crippen molar-refractivity contribution in [2.75, 3.05) is 0 Å². The zero-order valence-electron chi connectivity index (χ0n) is 16.2. The molecule has 5 nitrogen and oxygen atoms in total. The van der Waals surface area contributed by atoms with Gasteiger partial charge in [-0.1, -0.05) is 37.6 Å². The molecule has 4 rings (SSSR count). The molecule has 6 heteroatoms. The number of aromatic nitrogens is 2. The predicted molar refractivity (Wildman–Crippen MR) is 115 cm³/mol. The van der Waals surface area contributed by atoms with E-state index in [1.54, 1.807) is 29.5 Å². The van der Waals surface area contributed by atoms with Gasteiger partial charge in [0.05, 0.1) is 11.0 Å². The number of unbranched alkanes of at least 4 members (excludes halogenated alkanes) is 1. The number of aryl methyl sites for hydroxylation is 1. The molecule has 0 aliphatic carbocycles. The molecule has 148 valence electrons. The summed E-state index contributed by atoms with van der Waals surface area (Å²) in [6.07, 6.45) is 3.24. The van der Waals surface area contributed by atoms with E-state index in [1.165, 1.54) is 11.6 Å². The minimum Gasteiger partial charge on any atom is -0.478 e. The molecule has 0 aliphatic heterocycles. The Morgan fingerprint density at radius 3 is 2.69 bits per heavy atom. The molecule has 0 radical (unpaired) electrons. The van der Waals surface area contributed by atoms with Gasteiger partial charge in [0.25, 0.3) is 0 Å². The number of nitrogens with zero attached hydrogens (tertiary/aromatic N) is 2. The summed E-state index contributed by atoms with van der Waals surface area (Å²) < 4.78 is 8.09. The Hall–Kier alpha value is -3.12. The van der Waals surface area contributed by atoms with Crippen molar-refractivity contribution in [2.24, 2.45) is 0 Å². The number of para-hydroxylation sites is 1. The van der Waals surface area contributed by atoms with E-state index in [1.807, 2.05) is 24.3 Å². The van der Waals surface area contributed by atoms with Gasteiger partial charge in [0.2, 0.25) is 0 Å². The lowest BCUT2D eigenvalue weighted by Gasteiger charge is -2.11. The Balaban J connectivity index is 1.54. The van der Waals surface area contributed by atoms with Gasteiger partial charge in [-0.25, -0.2) is 9.78 Å². The monoisotopic (exact) mass is 406 g/mol. The van der Waals surface area contributed by atoms with Gasteiger partial charge < -0.3 is 14.4 Å². The molecule has 2 heterocycles. The lowest BCUT2D eigenvalue weighted by atomic mass is 10.2. The fourth-order valence-corrected chi connectivity index (χ4v) is 4.06. The van der Waals surface area contributed by atoms with Crippen molar-refractivity contribution in [3.63, 3.8) is 0 Å². The van der Waals surface area contributed by atoms with Crippen molar-refractivity contribution >= 4 is 28.3 Å². The van der Waals surface area contributed by atoms with Gasteiger partial charge in [-0.3, -0.25) is 0 Å². The number of hydrogen-bond donors (Lipinski definition) is 1. The minimum atomic E-state index is -1.00. The first kappa shape index (κ1) is 19.2. The molecule has 4 aromatic rings. The molecule has 0 aliphatic rings. The first-order valence-corrected chi connectivity index (χ1v) is 10.6. The highest BCUT2D eigenvalue weighted by Gasteiger charge is 2.13. The van der Waals surface area contributed by atoms with Crippen LogP contribution < -0.4 is 4.74 Å². The zero-order valence-corrected chi connectivity index (χ0v) is 17.0. The molecule has 0 saturated carbocycles. The lowest BCUT2D eigenvalue weighted by Crippen LogP contribution is -2.05. The summed E-state index contributed by atoms with van der Waals surface area (Å²) in [5.74, 6) is 1.07. The topological polar surface area (TPSA) is 64.4 Å². The van der Waals surface area contributed by atoms with E-state index in [0.29, 0.717) is 11.5 Å². The quantitative estimate of drug-likeness (QED) is 0.391. The maximum absolute atomic E-state index is 11.3. The number of imidazole rings is 1. The third-order valence-electron chi connectivity index (χ3n) is 4.84. The molecule has 0 spiro atoms. The van der Waals surface area contributed by atoms with Gasteiger partial charge in [0.1, 0.15) is 22.9 Å². The van der Waals surface area contributed by atoms with Crippen LogP contribution in [0, 0.1) is 0 Å². The molecule has 1 N–H and O–H groups in total. The molecule has 0 bridgehead atoms. The molecule has 2 aromatic heterocycles. The average Bonchev–Trinajstić information content (AvgIpc) is 3.30. The number of aromatic carboxylic acids is 1. The van der Waals surface area contributed by atoms with Crippen LogP contribution in [0.3, 0.4) is 0 Å². The molecular weight excluding hydrogens is 384 g/mol. The molecule has 0 amide bonds. The standard InChI is InChI=1S/C23H22N2O3S/c1-2-3-8-22-24-19-14-29-15-20(19)25(22)13-16-9-11-17(12-10-16)28-21-7-5-4-6-18(21)23(26)27/h4-7,9-12,14-15H,2-3,8,13H2,1H3,(H,26,27). The molecule has 2 aromatic carbocycles. The second-order valence-electron chi connectivity index (χ2n) is 6.91. The minimum absolute atomic E-state index is 0.149. The van der Waals surface area contributed by atoms with Crippen molar-refractivity contribution in [2.45, 2.75) is 32.7 Å². The normalized spacial score (nSPS) is 11.1. The smallest absolute Gasteiger partial charge is 0.339 e. The fourth-order valence-electron chi connectivity index (χ4n) is 3.31. The lowest BCUT2D eigenvalue weighted by molar-refractivity contribution is 0.0694. The summed E-state index contributed by atoms with van der Waals surface area (Å²) in [4.78, 5) is 16.1. The second kappa shape index (κ2) is 8.49. The third-order valence-corrected chi connectivity index (χ3v) is 5.56. The largest absolute Gasteiger partial charge is 0.478 e.